The highest BCUT2D eigenvalue weighted by molar-refractivity contribution is 7.80. The van der Waals surface area contributed by atoms with Crippen molar-refractivity contribution in [3.63, 3.8) is 0 Å². The lowest BCUT2D eigenvalue weighted by molar-refractivity contribution is 0.570. The van der Waals surface area contributed by atoms with Crippen molar-refractivity contribution in [3.05, 3.63) is 46.7 Å². The summed E-state index contributed by atoms with van der Waals surface area (Å²) < 4.78 is 1.94. The number of aromatic nitrogens is 2. The highest BCUT2D eigenvalue weighted by Crippen LogP contribution is 2.19. The maximum atomic E-state index is 5.98. The number of nitrogens with one attached hydrogen (secondary N) is 2. The van der Waals surface area contributed by atoms with Crippen molar-refractivity contribution in [1.29, 1.82) is 0 Å². The zero-order chi connectivity index (χ0) is 15.2. The van der Waals surface area contributed by atoms with Gasteiger partial charge in [0, 0.05) is 30.0 Å². The number of hydrogen-bond acceptors (Lipinski definition) is 2. The van der Waals surface area contributed by atoms with Crippen LogP contribution >= 0.6 is 23.8 Å². The Hall–Kier alpha value is -1.59. The predicted molar refractivity (Wildman–Crippen MR) is 92.0 cm³/mol. The molecule has 0 atom stereocenters. The maximum Gasteiger partial charge on any atom is 0.170 e. The van der Waals surface area contributed by atoms with Crippen LogP contribution in [-0.4, -0.2) is 21.4 Å². The van der Waals surface area contributed by atoms with Gasteiger partial charge in [-0.2, -0.15) is 5.10 Å². The third-order valence-electron chi connectivity index (χ3n) is 3.07. The second-order valence-corrected chi connectivity index (χ2v) is 5.76. The van der Waals surface area contributed by atoms with Gasteiger partial charge in [-0.15, -0.1) is 0 Å². The monoisotopic (exact) mass is 322 g/mol. The Balaban J connectivity index is 1.73. The van der Waals surface area contributed by atoms with Crippen molar-refractivity contribution >= 4 is 34.6 Å². The number of thiocarbonyl (C=S) groups is 1. The average molecular weight is 323 g/mol. The van der Waals surface area contributed by atoms with Gasteiger partial charge in [-0.3, -0.25) is 4.68 Å². The first-order valence-corrected chi connectivity index (χ1v) is 7.64. The number of anilines is 1. The summed E-state index contributed by atoms with van der Waals surface area (Å²) in [5.74, 6) is 0. The van der Waals surface area contributed by atoms with Crippen LogP contribution in [0, 0.1) is 13.8 Å². The molecular weight excluding hydrogens is 304 g/mol. The lowest BCUT2D eigenvalue weighted by Gasteiger charge is -2.12. The number of aryl methyl sites for hydroxylation is 3. The van der Waals surface area contributed by atoms with Gasteiger partial charge in [0.2, 0.25) is 0 Å². The van der Waals surface area contributed by atoms with E-state index in [0.29, 0.717) is 10.1 Å². The van der Waals surface area contributed by atoms with Crippen LogP contribution in [0.4, 0.5) is 5.69 Å². The standard InChI is InChI=1S/C15H19ClN4S/c1-11-4-5-13(16)10-14(11)18-15(21)17-7-3-8-20-9-6-12(2)19-20/h4-6,9-10H,3,7-8H2,1-2H3,(H2,17,18,21). The molecule has 112 valence electrons. The van der Waals surface area contributed by atoms with Crippen molar-refractivity contribution in [3.8, 4) is 0 Å². The summed E-state index contributed by atoms with van der Waals surface area (Å²) in [5.41, 5.74) is 3.08. The molecule has 4 nitrogen and oxygen atoms in total. The molecule has 1 aromatic carbocycles. The topological polar surface area (TPSA) is 41.9 Å². The second kappa shape index (κ2) is 7.43. The summed E-state index contributed by atoms with van der Waals surface area (Å²) in [7, 11) is 0. The zero-order valence-electron chi connectivity index (χ0n) is 12.2. The molecule has 0 fully saturated rings. The molecule has 0 saturated carbocycles. The van der Waals surface area contributed by atoms with E-state index in [1.54, 1.807) is 0 Å². The highest BCUT2D eigenvalue weighted by atomic mass is 35.5. The number of benzene rings is 1. The molecule has 0 bridgehead atoms. The summed E-state index contributed by atoms with van der Waals surface area (Å²) in [6.45, 7) is 5.67. The Labute approximate surface area is 135 Å². The zero-order valence-corrected chi connectivity index (χ0v) is 13.8. The van der Waals surface area contributed by atoms with Crippen LogP contribution in [0.3, 0.4) is 0 Å². The van der Waals surface area contributed by atoms with E-state index in [1.165, 1.54) is 0 Å². The van der Waals surface area contributed by atoms with E-state index >= 15 is 0 Å². The molecule has 2 rings (SSSR count). The van der Waals surface area contributed by atoms with Crippen LogP contribution in [0.15, 0.2) is 30.5 Å². The fourth-order valence-electron chi connectivity index (χ4n) is 1.93. The van der Waals surface area contributed by atoms with E-state index < -0.39 is 0 Å². The van der Waals surface area contributed by atoms with Crippen LogP contribution in [0.25, 0.3) is 0 Å². The summed E-state index contributed by atoms with van der Waals surface area (Å²) >= 11 is 11.3. The van der Waals surface area contributed by atoms with Gasteiger partial charge in [-0.05, 0) is 56.2 Å². The Kier molecular flexibility index (Phi) is 5.59. The average Bonchev–Trinajstić information content (AvgIpc) is 2.85. The fraction of sp³-hybridized carbons (Fsp3) is 0.333. The summed E-state index contributed by atoms with van der Waals surface area (Å²) in [6.07, 6.45) is 2.94. The molecule has 0 saturated heterocycles. The van der Waals surface area contributed by atoms with Gasteiger partial charge in [-0.25, -0.2) is 0 Å². The van der Waals surface area contributed by atoms with Gasteiger partial charge in [0.05, 0.1) is 5.69 Å². The molecule has 21 heavy (non-hydrogen) atoms. The normalized spacial score (nSPS) is 10.4. The van der Waals surface area contributed by atoms with E-state index in [0.717, 1.165) is 36.5 Å². The van der Waals surface area contributed by atoms with E-state index in [1.807, 2.05) is 49.0 Å². The predicted octanol–water partition coefficient (Wildman–Crippen LogP) is 3.53. The van der Waals surface area contributed by atoms with E-state index in [-0.39, 0.29) is 0 Å². The van der Waals surface area contributed by atoms with Crippen molar-refractivity contribution in [1.82, 2.24) is 15.1 Å². The molecule has 0 unspecified atom stereocenters. The van der Waals surface area contributed by atoms with Gasteiger partial charge in [0.15, 0.2) is 5.11 Å². The number of rotatable bonds is 5. The largest absolute Gasteiger partial charge is 0.362 e. The van der Waals surface area contributed by atoms with Crippen LogP contribution in [-0.2, 0) is 6.54 Å². The third kappa shape index (κ3) is 5.02. The lowest BCUT2D eigenvalue weighted by Crippen LogP contribution is -2.30. The van der Waals surface area contributed by atoms with Gasteiger partial charge in [-0.1, -0.05) is 17.7 Å². The van der Waals surface area contributed by atoms with E-state index in [2.05, 4.69) is 15.7 Å². The van der Waals surface area contributed by atoms with Gasteiger partial charge < -0.3 is 10.6 Å². The first-order chi connectivity index (χ1) is 10.0. The van der Waals surface area contributed by atoms with Gasteiger partial charge >= 0.3 is 0 Å². The number of nitrogens with zero attached hydrogens (tertiary/aromatic N) is 2. The molecule has 1 heterocycles. The van der Waals surface area contributed by atoms with E-state index in [9.17, 15) is 0 Å². The molecule has 0 spiro atoms. The van der Waals surface area contributed by atoms with Crippen molar-refractivity contribution < 1.29 is 0 Å². The SMILES string of the molecule is Cc1ccn(CCCNC(=S)Nc2cc(Cl)ccc2C)n1. The molecule has 2 N–H and O–H groups in total. The molecular formula is C15H19ClN4S. The van der Waals surface area contributed by atoms with Crippen molar-refractivity contribution in [2.75, 3.05) is 11.9 Å². The summed E-state index contributed by atoms with van der Waals surface area (Å²) in [6, 6.07) is 7.71. The van der Waals surface area contributed by atoms with Crippen LogP contribution in [0.2, 0.25) is 5.02 Å². The first kappa shape index (κ1) is 15.8. The Morgan fingerprint density at radius 3 is 2.86 bits per heavy atom. The molecule has 0 radical (unpaired) electrons. The highest BCUT2D eigenvalue weighted by Gasteiger charge is 2.02. The van der Waals surface area contributed by atoms with Gasteiger partial charge in [0.25, 0.3) is 0 Å². The first-order valence-electron chi connectivity index (χ1n) is 6.85. The summed E-state index contributed by atoms with van der Waals surface area (Å²) in [5, 5.41) is 12.0. The van der Waals surface area contributed by atoms with Crippen molar-refractivity contribution in [2.45, 2.75) is 26.8 Å². The minimum absolute atomic E-state index is 0.608. The second-order valence-electron chi connectivity index (χ2n) is 4.91. The van der Waals surface area contributed by atoms with Crippen LogP contribution in [0.1, 0.15) is 17.7 Å². The minimum Gasteiger partial charge on any atom is -0.362 e. The Morgan fingerprint density at radius 2 is 2.14 bits per heavy atom. The molecule has 0 aliphatic rings. The van der Waals surface area contributed by atoms with Gasteiger partial charge in [0.1, 0.15) is 0 Å². The molecule has 1 aromatic heterocycles. The molecule has 2 aromatic rings. The number of halogens is 1. The lowest BCUT2D eigenvalue weighted by atomic mass is 10.2. The van der Waals surface area contributed by atoms with Crippen LogP contribution < -0.4 is 10.6 Å². The third-order valence-corrected chi connectivity index (χ3v) is 3.55. The summed E-state index contributed by atoms with van der Waals surface area (Å²) in [4.78, 5) is 0. The smallest absolute Gasteiger partial charge is 0.170 e. The Morgan fingerprint density at radius 1 is 1.33 bits per heavy atom. The van der Waals surface area contributed by atoms with Crippen molar-refractivity contribution in [2.24, 2.45) is 0 Å². The quantitative estimate of drug-likeness (QED) is 0.653. The molecule has 6 heteroatoms. The molecule has 0 amide bonds. The number of hydrogen-bond donors (Lipinski definition) is 2. The van der Waals surface area contributed by atoms with Crippen LogP contribution in [0.5, 0.6) is 0 Å². The fourth-order valence-corrected chi connectivity index (χ4v) is 2.31. The molecule has 0 aliphatic carbocycles. The Bertz CT molecular complexity index is 624. The minimum atomic E-state index is 0.608. The molecule has 0 aliphatic heterocycles. The maximum absolute atomic E-state index is 5.98. The van der Waals surface area contributed by atoms with E-state index in [4.69, 9.17) is 23.8 Å².